The Kier molecular flexibility index (Phi) is 42.0. The molecule has 0 unspecified atom stereocenters. The van der Waals surface area contributed by atoms with E-state index in [2.05, 4.69) is 13.8 Å². The largest absolute Gasteiger partial charge is 0.343 e. The van der Waals surface area contributed by atoms with Crippen molar-refractivity contribution in [1.82, 2.24) is 0 Å². The van der Waals surface area contributed by atoms with E-state index in [-0.39, 0.29) is 43.4 Å². The summed E-state index contributed by atoms with van der Waals surface area (Å²) in [4.78, 5) is 0. The third-order valence-corrected chi connectivity index (χ3v) is 0.354. The van der Waals surface area contributed by atoms with Gasteiger partial charge in [0.2, 0.25) is 0 Å². The molecule has 0 aliphatic carbocycles. The minimum absolute atomic E-state index is 0. The van der Waals surface area contributed by atoms with E-state index in [1.165, 1.54) is 6.42 Å². The quantitative estimate of drug-likeness (QED) is 0.396. The Labute approximate surface area is 69.8 Å². The third-order valence-electron chi connectivity index (χ3n) is 0.354. The molecule has 0 radical (unpaired) electrons. The van der Waals surface area contributed by atoms with Gasteiger partial charge in [-0.1, -0.05) is 13.3 Å². The molecule has 0 aromatic heterocycles. The predicted octanol–water partition coefficient (Wildman–Crippen LogP) is 1.62. The Bertz CT molecular complexity index is 7.51. The number of hydrogen-bond donors (Lipinski definition) is 0. The van der Waals surface area contributed by atoms with Crippen molar-refractivity contribution in [2.75, 3.05) is 0 Å². The van der Waals surface area contributed by atoms with E-state index in [9.17, 15) is 0 Å². The molecule has 0 amide bonds. The maximum atomic E-state index is 3.60. The van der Waals surface area contributed by atoms with Gasteiger partial charge >= 0.3 is 0 Å². The van der Waals surface area contributed by atoms with E-state index in [4.69, 9.17) is 0 Å². The molecule has 34 valence electrons. The van der Waals surface area contributed by atoms with Crippen molar-refractivity contribution in [3.63, 3.8) is 0 Å². The summed E-state index contributed by atoms with van der Waals surface area (Å²) in [6, 6.07) is 0. The van der Waals surface area contributed by atoms with Crippen molar-refractivity contribution in [3.05, 3.63) is 6.92 Å². The van der Waals surface area contributed by atoms with Crippen LogP contribution >= 0.6 is 0 Å². The van der Waals surface area contributed by atoms with Gasteiger partial charge in [0, 0.05) is 43.4 Å². The van der Waals surface area contributed by atoms with Crippen molar-refractivity contribution in [2.24, 2.45) is 0 Å². The second kappa shape index (κ2) is 16.1. The fourth-order valence-electron chi connectivity index (χ4n) is 0. The summed E-state index contributed by atoms with van der Waals surface area (Å²) in [5.41, 5.74) is 0. The average Bonchev–Trinajstić information content (AvgIpc) is 1.37. The molecule has 0 fully saturated rings. The summed E-state index contributed by atoms with van der Waals surface area (Å²) in [6.07, 6.45) is 2.28. The first-order chi connectivity index (χ1) is 1.91. The summed E-state index contributed by atoms with van der Waals surface area (Å²) in [6.45, 7) is 5.72. The van der Waals surface area contributed by atoms with Gasteiger partial charge in [0.05, 0.1) is 0 Å². The molecule has 0 spiro atoms. The first-order valence-electron chi connectivity index (χ1n) is 1.71. The summed E-state index contributed by atoms with van der Waals surface area (Å²) in [5, 5.41) is 0. The molecule has 2 heteroatoms. The van der Waals surface area contributed by atoms with Crippen LogP contribution in [0, 0.1) is 6.92 Å². The Morgan fingerprint density at radius 1 is 1.33 bits per heavy atom. The van der Waals surface area contributed by atoms with Crippen molar-refractivity contribution < 1.29 is 43.4 Å². The van der Waals surface area contributed by atoms with E-state index in [0.29, 0.717) is 0 Å². The Morgan fingerprint density at radius 3 is 1.50 bits per heavy atom. The van der Waals surface area contributed by atoms with Gasteiger partial charge in [0.15, 0.2) is 0 Å². The first-order valence-corrected chi connectivity index (χ1v) is 1.71. The van der Waals surface area contributed by atoms with E-state index in [1.807, 2.05) is 0 Å². The van der Waals surface area contributed by atoms with Gasteiger partial charge < -0.3 is 6.92 Å². The summed E-state index contributed by atoms with van der Waals surface area (Å²) < 4.78 is 0. The molecule has 0 atom stereocenters. The zero-order chi connectivity index (χ0) is 3.41. The van der Waals surface area contributed by atoms with Crippen LogP contribution in [0.1, 0.15) is 19.8 Å². The number of hydrogen-bond acceptors (Lipinski definition) is 0. The summed E-state index contributed by atoms with van der Waals surface area (Å²) >= 11 is 0. The molecule has 0 aliphatic rings. The third kappa shape index (κ3) is 18.1. The van der Waals surface area contributed by atoms with Gasteiger partial charge in [-0.25, -0.2) is 0 Å². The fraction of sp³-hybridized carbons (Fsp3) is 0.750. The van der Waals surface area contributed by atoms with E-state index in [1.54, 1.807) is 0 Å². The van der Waals surface area contributed by atoms with Crippen molar-refractivity contribution in [2.45, 2.75) is 19.8 Å². The Balaban J connectivity index is -0.0000000450. The van der Waals surface area contributed by atoms with Crippen LogP contribution in [0.3, 0.4) is 0 Å². The van der Waals surface area contributed by atoms with Crippen LogP contribution in [0.15, 0.2) is 0 Å². The van der Waals surface area contributed by atoms with Crippen LogP contribution in [-0.2, 0) is 43.4 Å². The minimum Gasteiger partial charge on any atom is -0.343 e. The maximum absolute atomic E-state index is 3.60. The average molecular weight is 153 g/mol. The van der Waals surface area contributed by atoms with E-state index >= 15 is 0 Å². The van der Waals surface area contributed by atoms with Crippen LogP contribution in [0.4, 0.5) is 0 Å². The van der Waals surface area contributed by atoms with Crippen molar-refractivity contribution >= 4 is 0 Å². The van der Waals surface area contributed by atoms with Crippen LogP contribution in [0.5, 0.6) is 0 Å². The Morgan fingerprint density at radius 2 is 1.50 bits per heavy atom. The zero-order valence-corrected chi connectivity index (χ0v) is 7.24. The topological polar surface area (TPSA) is 0 Å². The van der Waals surface area contributed by atoms with Gasteiger partial charge in [-0.15, -0.1) is 0 Å². The Hall–Kier alpha value is 1.43. The normalized spacial score (nSPS) is 5.00. The molecule has 0 aliphatic heterocycles. The van der Waals surface area contributed by atoms with E-state index in [0.717, 1.165) is 6.42 Å². The van der Waals surface area contributed by atoms with Gasteiger partial charge in [-0.3, -0.25) is 0 Å². The van der Waals surface area contributed by atoms with E-state index < -0.39 is 0 Å². The zero-order valence-electron chi connectivity index (χ0n) is 4.12. The predicted molar refractivity (Wildman–Crippen MR) is 20.3 cm³/mol. The molecule has 0 bridgehead atoms. The molecule has 0 aromatic carbocycles. The SMILES string of the molecule is [CH2-]CCC.[Ti].[Ti]. The molecule has 0 saturated heterocycles. The maximum Gasteiger partial charge on any atom is 0 e. The van der Waals surface area contributed by atoms with Crippen LogP contribution < -0.4 is 0 Å². The molecular weight excluding hydrogens is 144 g/mol. The molecule has 0 N–H and O–H groups in total. The smallest absolute Gasteiger partial charge is 0 e. The standard InChI is InChI=1S/C4H9.2Ti/c1-3-4-2;;/h1,3-4H2,2H3;;/q-1;;. The van der Waals surface area contributed by atoms with Crippen LogP contribution in [-0.4, -0.2) is 0 Å². The second-order valence-corrected chi connectivity index (χ2v) is 0.854. The van der Waals surface area contributed by atoms with Gasteiger partial charge in [0.25, 0.3) is 0 Å². The van der Waals surface area contributed by atoms with Crippen molar-refractivity contribution in [3.8, 4) is 0 Å². The fourth-order valence-corrected chi connectivity index (χ4v) is 0. The summed E-state index contributed by atoms with van der Waals surface area (Å²) in [5.74, 6) is 0. The first kappa shape index (κ1) is 15.7. The minimum atomic E-state index is 0. The second-order valence-electron chi connectivity index (χ2n) is 0.854. The molecule has 0 aromatic rings. The van der Waals surface area contributed by atoms with Crippen LogP contribution in [0.2, 0.25) is 0 Å². The molecule has 6 heavy (non-hydrogen) atoms. The molecule has 0 rings (SSSR count). The molecule has 0 heterocycles. The molecule has 0 nitrogen and oxygen atoms in total. The number of rotatable bonds is 1. The van der Waals surface area contributed by atoms with Gasteiger partial charge in [-0.2, -0.15) is 6.42 Å². The summed E-state index contributed by atoms with van der Waals surface area (Å²) in [7, 11) is 0. The number of unbranched alkanes of at least 4 members (excludes halogenated alkanes) is 1. The van der Waals surface area contributed by atoms with Crippen molar-refractivity contribution in [1.29, 1.82) is 0 Å². The van der Waals surface area contributed by atoms with Gasteiger partial charge in [-0.05, 0) is 0 Å². The monoisotopic (exact) mass is 153 g/mol. The molecule has 0 saturated carbocycles. The molecular formula is C4H9Ti2-. The van der Waals surface area contributed by atoms with Gasteiger partial charge in [0.1, 0.15) is 0 Å². The van der Waals surface area contributed by atoms with Crippen LogP contribution in [0.25, 0.3) is 0 Å².